The van der Waals surface area contributed by atoms with E-state index in [1.165, 1.54) is 18.2 Å². The molecule has 3 aromatic carbocycles. The largest absolute Gasteiger partial charge is 0.486 e. The Hall–Kier alpha value is -3.52. The third kappa shape index (κ3) is 6.83. The Morgan fingerprint density at radius 1 is 1.03 bits per heavy atom. The monoisotopic (exact) mass is 572 g/mol. The van der Waals surface area contributed by atoms with Crippen LogP contribution in [-0.4, -0.2) is 17.3 Å². The third-order valence-electron chi connectivity index (χ3n) is 4.96. The number of carbonyl (C=O) groups excluding carboxylic acids is 1. The minimum atomic E-state index is -4.60. The Morgan fingerprint density at radius 3 is 2.27 bits per heavy atom. The van der Waals surface area contributed by atoms with Crippen molar-refractivity contribution in [3.05, 3.63) is 90.9 Å². The van der Waals surface area contributed by atoms with Crippen LogP contribution >= 0.6 is 34.8 Å². The molecule has 0 amide bonds. The first-order valence-electron chi connectivity index (χ1n) is 10.2. The van der Waals surface area contributed by atoms with Crippen molar-refractivity contribution in [2.75, 3.05) is 6.61 Å². The Morgan fingerprint density at radius 2 is 1.70 bits per heavy atom. The first-order chi connectivity index (χ1) is 17.4. The fraction of sp³-hybridized carbons (Fsp3) is 0.167. The zero-order valence-electron chi connectivity index (χ0n) is 18.4. The average Bonchev–Trinajstić information content (AvgIpc) is 2.82. The number of hydrogen-bond acceptors (Lipinski definition) is 6. The topological polar surface area (TPSA) is 102 Å². The highest BCUT2D eigenvalue weighted by atomic mass is 35.5. The highest BCUT2D eigenvalue weighted by molar-refractivity contribution is 6.36. The Bertz CT molecular complexity index is 1370. The van der Waals surface area contributed by atoms with Gasteiger partial charge >= 0.3 is 11.9 Å². The van der Waals surface area contributed by atoms with E-state index < -0.39 is 34.1 Å². The fourth-order valence-corrected chi connectivity index (χ4v) is 4.04. The molecular formula is C24H14Cl3F3N2O5. The van der Waals surface area contributed by atoms with Crippen LogP contribution in [0.2, 0.25) is 15.1 Å². The van der Waals surface area contributed by atoms with E-state index in [0.717, 1.165) is 24.3 Å². The first kappa shape index (κ1) is 28.1. The standard InChI is InChI=1S/C24H14Cl3F3N2O5/c25-16-2-1-3-17(26)23(16)15(12-31)20(33)8-9-36-22-11-14(5-6-19(22)32(34)35)37-21-7-4-13(10-18(21)27)24(28,29)30/h1-7,10-11,15H,8-9H2. The Labute approximate surface area is 223 Å². The highest BCUT2D eigenvalue weighted by Gasteiger charge is 2.31. The molecule has 0 heterocycles. The van der Waals surface area contributed by atoms with Gasteiger partial charge < -0.3 is 9.47 Å². The second-order valence-electron chi connectivity index (χ2n) is 7.39. The van der Waals surface area contributed by atoms with E-state index in [0.29, 0.717) is 6.07 Å². The summed E-state index contributed by atoms with van der Waals surface area (Å²) in [6.45, 7) is -0.343. The van der Waals surface area contributed by atoms with Crippen molar-refractivity contribution in [1.82, 2.24) is 0 Å². The summed E-state index contributed by atoms with van der Waals surface area (Å²) in [5.41, 5.74) is -1.28. The van der Waals surface area contributed by atoms with Gasteiger partial charge in [-0.2, -0.15) is 18.4 Å². The summed E-state index contributed by atoms with van der Waals surface area (Å²) in [6.07, 6.45) is -4.91. The molecule has 0 radical (unpaired) electrons. The van der Waals surface area contributed by atoms with Gasteiger partial charge in [0, 0.05) is 34.2 Å². The van der Waals surface area contributed by atoms with Crippen LogP contribution in [0.4, 0.5) is 18.9 Å². The summed E-state index contributed by atoms with van der Waals surface area (Å²) >= 11 is 18.1. The number of nitriles is 1. The molecular weight excluding hydrogens is 560 g/mol. The van der Waals surface area contributed by atoms with Crippen LogP contribution < -0.4 is 9.47 Å². The van der Waals surface area contributed by atoms with E-state index in [-0.39, 0.29) is 50.9 Å². The summed E-state index contributed by atoms with van der Waals surface area (Å²) in [5.74, 6) is -2.28. The van der Waals surface area contributed by atoms with Crippen LogP contribution in [0, 0.1) is 21.4 Å². The number of Topliss-reactive ketones (excluding diaryl/α,β-unsaturated/α-hetero) is 1. The lowest BCUT2D eigenvalue weighted by molar-refractivity contribution is -0.385. The van der Waals surface area contributed by atoms with Crippen molar-refractivity contribution < 1.29 is 32.4 Å². The van der Waals surface area contributed by atoms with Gasteiger partial charge in [-0.25, -0.2) is 0 Å². The zero-order valence-corrected chi connectivity index (χ0v) is 20.7. The van der Waals surface area contributed by atoms with Gasteiger partial charge in [-0.1, -0.05) is 40.9 Å². The van der Waals surface area contributed by atoms with Gasteiger partial charge in [0.15, 0.2) is 5.78 Å². The summed E-state index contributed by atoms with van der Waals surface area (Å²) in [5, 5.41) is 20.8. The molecule has 7 nitrogen and oxygen atoms in total. The van der Waals surface area contributed by atoms with Gasteiger partial charge in [0.1, 0.15) is 17.4 Å². The van der Waals surface area contributed by atoms with Crippen molar-refractivity contribution in [2.24, 2.45) is 0 Å². The van der Waals surface area contributed by atoms with Crippen molar-refractivity contribution in [3.63, 3.8) is 0 Å². The van der Waals surface area contributed by atoms with E-state index in [2.05, 4.69) is 0 Å². The average molecular weight is 574 g/mol. The quantitative estimate of drug-likeness (QED) is 0.190. The van der Waals surface area contributed by atoms with Crippen LogP contribution in [0.5, 0.6) is 17.2 Å². The lowest BCUT2D eigenvalue weighted by Crippen LogP contribution is -2.15. The normalized spacial score (nSPS) is 11.9. The maximum absolute atomic E-state index is 12.8. The second-order valence-corrected chi connectivity index (χ2v) is 8.62. The van der Waals surface area contributed by atoms with Crippen molar-refractivity contribution >= 4 is 46.3 Å². The van der Waals surface area contributed by atoms with Crippen LogP contribution in [0.3, 0.4) is 0 Å². The number of carbonyl (C=O) groups is 1. The number of halogens is 6. The molecule has 13 heteroatoms. The number of benzene rings is 3. The smallest absolute Gasteiger partial charge is 0.416 e. The third-order valence-corrected chi connectivity index (χ3v) is 5.92. The number of nitro benzene ring substituents is 1. The van der Waals surface area contributed by atoms with E-state index in [1.807, 2.05) is 6.07 Å². The van der Waals surface area contributed by atoms with E-state index in [4.69, 9.17) is 44.3 Å². The maximum Gasteiger partial charge on any atom is 0.416 e. The van der Waals surface area contributed by atoms with Gasteiger partial charge in [-0.3, -0.25) is 14.9 Å². The van der Waals surface area contributed by atoms with Crippen LogP contribution in [0.25, 0.3) is 0 Å². The number of ketones is 1. The lowest BCUT2D eigenvalue weighted by atomic mass is 9.94. The van der Waals surface area contributed by atoms with E-state index in [9.17, 15) is 33.3 Å². The minimum absolute atomic E-state index is 0.0219. The molecule has 0 aliphatic carbocycles. The van der Waals surface area contributed by atoms with Crippen LogP contribution in [-0.2, 0) is 11.0 Å². The second kappa shape index (κ2) is 11.7. The number of rotatable bonds is 9. The van der Waals surface area contributed by atoms with Gasteiger partial charge in [0.2, 0.25) is 5.75 Å². The molecule has 0 aliphatic heterocycles. The highest BCUT2D eigenvalue weighted by Crippen LogP contribution is 2.39. The van der Waals surface area contributed by atoms with E-state index in [1.54, 1.807) is 6.07 Å². The molecule has 0 saturated carbocycles. The fourth-order valence-electron chi connectivity index (χ4n) is 3.20. The summed E-state index contributed by atoms with van der Waals surface area (Å²) in [4.78, 5) is 23.3. The molecule has 0 N–H and O–H groups in total. The maximum atomic E-state index is 12.8. The zero-order chi connectivity index (χ0) is 27.3. The Kier molecular flexibility index (Phi) is 8.86. The molecule has 0 bridgehead atoms. The SMILES string of the molecule is N#CC(C(=O)CCOc1cc(Oc2ccc(C(F)(F)F)cc2Cl)ccc1[N+](=O)[O-])c1c(Cl)cccc1Cl. The molecule has 3 aromatic rings. The lowest BCUT2D eigenvalue weighted by Gasteiger charge is -2.14. The van der Waals surface area contributed by atoms with Gasteiger partial charge in [-0.05, 0) is 36.4 Å². The molecule has 0 spiro atoms. The minimum Gasteiger partial charge on any atom is -0.486 e. The molecule has 192 valence electrons. The number of nitro groups is 1. The number of alkyl halides is 3. The number of hydrogen-bond donors (Lipinski definition) is 0. The number of ether oxygens (including phenoxy) is 2. The van der Waals surface area contributed by atoms with Crippen molar-refractivity contribution in [1.29, 1.82) is 5.26 Å². The van der Waals surface area contributed by atoms with E-state index >= 15 is 0 Å². The molecule has 37 heavy (non-hydrogen) atoms. The predicted octanol–water partition coefficient (Wildman–Crippen LogP) is 8.01. The summed E-state index contributed by atoms with van der Waals surface area (Å²) in [7, 11) is 0. The molecule has 1 unspecified atom stereocenters. The summed E-state index contributed by atoms with van der Waals surface area (Å²) in [6, 6.07) is 12.2. The van der Waals surface area contributed by atoms with Crippen molar-refractivity contribution in [2.45, 2.75) is 18.5 Å². The van der Waals surface area contributed by atoms with Gasteiger partial charge in [-0.15, -0.1) is 0 Å². The summed E-state index contributed by atoms with van der Waals surface area (Å²) < 4.78 is 49.5. The Balaban J connectivity index is 1.76. The molecule has 0 aromatic heterocycles. The molecule has 0 saturated heterocycles. The van der Waals surface area contributed by atoms with Crippen molar-refractivity contribution in [3.8, 4) is 23.3 Å². The molecule has 1 atom stereocenters. The molecule has 3 rings (SSSR count). The first-order valence-corrected chi connectivity index (χ1v) is 11.4. The predicted molar refractivity (Wildman–Crippen MR) is 130 cm³/mol. The van der Waals surface area contributed by atoms with Gasteiger partial charge in [0.25, 0.3) is 0 Å². The van der Waals surface area contributed by atoms with Crippen LogP contribution in [0.15, 0.2) is 54.6 Å². The molecule has 0 aliphatic rings. The number of nitrogens with zero attached hydrogens (tertiary/aromatic N) is 2. The molecule has 0 fully saturated rings. The van der Waals surface area contributed by atoms with Gasteiger partial charge in [0.05, 0.1) is 28.2 Å². The van der Waals surface area contributed by atoms with Crippen LogP contribution in [0.1, 0.15) is 23.5 Å².